The molecule has 3 nitrogen and oxygen atoms in total. The van der Waals surface area contributed by atoms with E-state index in [1.165, 1.54) is 11.1 Å². The number of hydrogen-bond acceptors (Lipinski definition) is 3. The van der Waals surface area contributed by atoms with E-state index in [0.717, 1.165) is 15.9 Å². The first-order valence-corrected chi connectivity index (χ1v) is 7.72. The first-order valence-electron chi connectivity index (χ1n) is 6.93. The number of para-hydroxylation sites is 1. The molecule has 112 valence electrons. The summed E-state index contributed by atoms with van der Waals surface area (Å²) in [6.07, 6.45) is -0.567. The highest BCUT2D eigenvalue weighted by atomic mass is 79.9. The van der Waals surface area contributed by atoms with Crippen LogP contribution in [0.3, 0.4) is 0 Å². The molecule has 2 rings (SSSR count). The maximum Gasteiger partial charge on any atom is 0.120 e. The average molecular weight is 350 g/mol. The molecule has 1 unspecified atom stereocenters. The summed E-state index contributed by atoms with van der Waals surface area (Å²) in [7, 11) is 0. The van der Waals surface area contributed by atoms with Crippen LogP contribution >= 0.6 is 15.9 Å². The van der Waals surface area contributed by atoms with Crippen molar-refractivity contribution in [1.29, 1.82) is 0 Å². The normalized spacial score (nSPS) is 12.0. The van der Waals surface area contributed by atoms with Gasteiger partial charge in [0.15, 0.2) is 0 Å². The lowest BCUT2D eigenvalue weighted by Gasteiger charge is -2.17. The van der Waals surface area contributed by atoms with Gasteiger partial charge in [0, 0.05) is 16.7 Å². The highest BCUT2D eigenvalue weighted by Gasteiger charge is 2.08. The summed E-state index contributed by atoms with van der Waals surface area (Å²) < 4.78 is 6.54. The number of benzene rings is 2. The largest absolute Gasteiger partial charge is 0.491 e. The number of halogens is 1. The molecule has 0 bridgehead atoms. The molecule has 0 aromatic heterocycles. The van der Waals surface area contributed by atoms with E-state index in [1.54, 1.807) is 0 Å². The Labute approximate surface area is 134 Å². The standard InChI is InChI=1S/C17H20BrNO2/c1-12-5-3-6-13(2)17(12)19-10-15(20)11-21-16-8-4-7-14(18)9-16/h3-9,15,19-20H,10-11H2,1-2H3. The molecule has 0 amide bonds. The number of rotatable bonds is 6. The molecule has 0 saturated heterocycles. The fraction of sp³-hybridized carbons (Fsp3) is 0.294. The van der Waals surface area contributed by atoms with Crippen molar-refractivity contribution >= 4 is 21.6 Å². The van der Waals surface area contributed by atoms with Gasteiger partial charge in [0.1, 0.15) is 18.5 Å². The molecule has 4 heteroatoms. The monoisotopic (exact) mass is 349 g/mol. The fourth-order valence-electron chi connectivity index (χ4n) is 2.12. The maximum atomic E-state index is 10.0. The molecule has 0 radical (unpaired) electrons. The number of aliphatic hydroxyl groups is 1. The third kappa shape index (κ3) is 4.76. The zero-order valence-electron chi connectivity index (χ0n) is 12.3. The number of hydrogen-bond donors (Lipinski definition) is 2. The summed E-state index contributed by atoms with van der Waals surface area (Å²) in [5.41, 5.74) is 3.43. The maximum absolute atomic E-state index is 10.0. The highest BCUT2D eigenvalue weighted by Crippen LogP contribution is 2.20. The molecule has 0 saturated carbocycles. The molecule has 21 heavy (non-hydrogen) atoms. The van der Waals surface area contributed by atoms with Gasteiger partial charge in [0.25, 0.3) is 0 Å². The number of ether oxygens (including phenoxy) is 1. The first kappa shape index (κ1) is 15.9. The first-order chi connectivity index (χ1) is 10.1. The minimum atomic E-state index is -0.567. The van der Waals surface area contributed by atoms with Crippen molar-refractivity contribution in [1.82, 2.24) is 0 Å². The molecule has 2 aromatic rings. The summed E-state index contributed by atoms with van der Waals surface area (Å²) in [6, 6.07) is 13.7. The van der Waals surface area contributed by atoms with Gasteiger partial charge in [0.05, 0.1) is 0 Å². The molecule has 0 heterocycles. The lowest BCUT2D eigenvalue weighted by atomic mass is 10.1. The topological polar surface area (TPSA) is 41.5 Å². The Bertz CT molecular complexity index is 581. The second-order valence-corrected chi connectivity index (χ2v) is 5.99. The van der Waals surface area contributed by atoms with E-state index in [1.807, 2.05) is 30.3 Å². The Morgan fingerprint density at radius 1 is 1.14 bits per heavy atom. The van der Waals surface area contributed by atoms with E-state index in [9.17, 15) is 5.11 Å². The summed E-state index contributed by atoms with van der Waals surface area (Å²) in [6.45, 7) is 4.83. The van der Waals surface area contributed by atoms with Gasteiger partial charge < -0.3 is 15.2 Å². The zero-order chi connectivity index (χ0) is 15.2. The van der Waals surface area contributed by atoms with Gasteiger partial charge in [-0.3, -0.25) is 0 Å². The van der Waals surface area contributed by atoms with Crippen LogP contribution in [-0.4, -0.2) is 24.4 Å². The predicted octanol–water partition coefficient (Wildman–Crippen LogP) is 3.92. The van der Waals surface area contributed by atoms with Crippen LogP contribution in [0.2, 0.25) is 0 Å². The average Bonchev–Trinajstić information content (AvgIpc) is 2.45. The molecule has 0 aliphatic heterocycles. The van der Waals surface area contributed by atoms with Gasteiger partial charge in [-0.2, -0.15) is 0 Å². The van der Waals surface area contributed by atoms with Crippen LogP contribution < -0.4 is 10.1 Å². The van der Waals surface area contributed by atoms with Crippen molar-refractivity contribution in [3.8, 4) is 5.75 Å². The van der Waals surface area contributed by atoms with E-state index < -0.39 is 6.10 Å². The second-order valence-electron chi connectivity index (χ2n) is 5.07. The minimum absolute atomic E-state index is 0.258. The molecule has 0 aliphatic carbocycles. The number of aliphatic hydroxyl groups excluding tert-OH is 1. The minimum Gasteiger partial charge on any atom is -0.491 e. The van der Waals surface area contributed by atoms with Crippen molar-refractivity contribution in [3.63, 3.8) is 0 Å². The molecule has 0 fully saturated rings. The number of anilines is 1. The SMILES string of the molecule is Cc1cccc(C)c1NCC(O)COc1cccc(Br)c1. The predicted molar refractivity (Wildman–Crippen MR) is 90.0 cm³/mol. The lowest BCUT2D eigenvalue weighted by molar-refractivity contribution is 0.117. The van der Waals surface area contributed by atoms with Crippen molar-refractivity contribution in [2.24, 2.45) is 0 Å². The van der Waals surface area contributed by atoms with Gasteiger partial charge in [-0.15, -0.1) is 0 Å². The van der Waals surface area contributed by atoms with Crippen LogP contribution in [0.25, 0.3) is 0 Å². The molecule has 1 atom stereocenters. The van der Waals surface area contributed by atoms with Crippen molar-refractivity contribution in [3.05, 3.63) is 58.1 Å². The van der Waals surface area contributed by atoms with E-state index >= 15 is 0 Å². The Hall–Kier alpha value is -1.52. The third-order valence-corrected chi connectivity index (χ3v) is 3.73. The summed E-state index contributed by atoms with van der Waals surface area (Å²) in [4.78, 5) is 0. The van der Waals surface area contributed by atoms with E-state index in [-0.39, 0.29) is 6.61 Å². The van der Waals surface area contributed by atoms with Crippen molar-refractivity contribution in [2.45, 2.75) is 20.0 Å². The Balaban J connectivity index is 1.84. The van der Waals surface area contributed by atoms with Crippen LogP contribution in [0.5, 0.6) is 5.75 Å². The molecule has 2 N–H and O–H groups in total. The lowest BCUT2D eigenvalue weighted by Crippen LogP contribution is -2.26. The molecule has 0 spiro atoms. The van der Waals surface area contributed by atoms with Crippen molar-refractivity contribution in [2.75, 3.05) is 18.5 Å². The number of nitrogens with one attached hydrogen (secondary N) is 1. The van der Waals surface area contributed by atoms with Crippen molar-refractivity contribution < 1.29 is 9.84 Å². The summed E-state index contributed by atoms with van der Waals surface area (Å²) >= 11 is 3.39. The van der Waals surface area contributed by atoms with Gasteiger partial charge in [-0.25, -0.2) is 0 Å². The van der Waals surface area contributed by atoms with E-state index in [2.05, 4.69) is 47.2 Å². The highest BCUT2D eigenvalue weighted by molar-refractivity contribution is 9.10. The van der Waals surface area contributed by atoms with Crippen LogP contribution in [0.1, 0.15) is 11.1 Å². The molecular weight excluding hydrogens is 330 g/mol. The van der Waals surface area contributed by atoms with E-state index in [4.69, 9.17) is 4.74 Å². The summed E-state index contributed by atoms with van der Waals surface area (Å²) in [5.74, 6) is 0.746. The van der Waals surface area contributed by atoms with Gasteiger partial charge in [-0.1, -0.05) is 40.2 Å². The van der Waals surface area contributed by atoms with Crippen LogP contribution in [0, 0.1) is 13.8 Å². The molecular formula is C17H20BrNO2. The van der Waals surface area contributed by atoms with Crippen LogP contribution in [-0.2, 0) is 0 Å². The van der Waals surface area contributed by atoms with Gasteiger partial charge >= 0.3 is 0 Å². The zero-order valence-corrected chi connectivity index (χ0v) is 13.9. The second kappa shape index (κ2) is 7.48. The Morgan fingerprint density at radius 3 is 2.48 bits per heavy atom. The van der Waals surface area contributed by atoms with Crippen LogP contribution in [0.4, 0.5) is 5.69 Å². The van der Waals surface area contributed by atoms with Gasteiger partial charge in [-0.05, 0) is 43.2 Å². The van der Waals surface area contributed by atoms with Crippen LogP contribution in [0.15, 0.2) is 46.9 Å². The Morgan fingerprint density at radius 2 is 1.81 bits per heavy atom. The number of aryl methyl sites for hydroxylation is 2. The smallest absolute Gasteiger partial charge is 0.120 e. The quantitative estimate of drug-likeness (QED) is 0.830. The molecule has 2 aromatic carbocycles. The summed E-state index contributed by atoms with van der Waals surface area (Å²) in [5, 5.41) is 13.3. The van der Waals surface area contributed by atoms with E-state index in [0.29, 0.717) is 6.54 Å². The molecule has 0 aliphatic rings. The Kier molecular flexibility index (Phi) is 5.65. The van der Waals surface area contributed by atoms with Gasteiger partial charge in [0.2, 0.25) is 0 Å². The fourth-order valence-corrected chi connectivity index (χ4v) is 2.50. The third-order valence-electron chi connectivity index (χ3n) is 3.23.